The standard InChI is InChI=1S/C28H57NO/c1-3-5-7-9-11-13-15-17-19-21-23-25-27-28(29-30)26-24-22-20-18-16-14-12-10-8-6-4-2/h30H,3-27H2,1-2H3. The minimum Gasteiger partial charge on any atom is -0.411 e. The van der Waals surface area contributed by atoms with Gasteiger partial charge in [0.15, 0.2) is 0 Å². The van der Waals surface area contributed by atoms with Crippen LogP contribution in [0.4, 0.5) is 0 Å². The summed E-state index contributed by atoms with van der Waals surface area (Å²) >= 11 is 0. The Hall–Kier alpha value is -0.530. The van der Waals surface area contributed by atoms with Crippen molar-refractivity contribution in [3.05, 3.63) is 0 Å². The number of hydrogen-bond acceptors (Lipinski definition) is 2. The van der Waals surface area contributed by atoms with E-state index in [1.54, 1.807) is 0 Å². The maximum absolute atomic E-state index is 9.25. The number of unbranched alkanes of at least 4 members (excludes halogenated alkanes) is 21. The average molecular weight is 424 g/mol. The van der Waals surface area contributed by atoms with Crippen LogP contribution in [0, 0.1) is 0 Å². The van der Waals surface area contributed by atoms with Gasteiger partial charge in [-0.2, -0.15) is 0 Å². The van der Waals surface area contributed by atoms with Crippen LogP contribution < -0.4 is 0 Å². The second kappa shape index (κ2) is 26.5. The van der Waals surface area contributed by atoms with E-state index in [1.165, 1.54) is 148 Å². The highest BCUT2D eigenvalue weighted by Gasteiger charge is 2.02. The van der Waals surface area contributed by atoms with Crippen molar-refractivity contribution in [1.29, 1.82) is 0 Å². The molecular weight excluding hydrogens is 366 g/mol. The summed E-state index contributed by atoms with van der Waals surface area (Å²) < 4.78 is 0. The van der Waals surface area contributed by atoms with Crippen LogP contribution in [0.15, 0.2) is 5.16 Å². The highest BCUT2D eigenvalue weighted by atomic mass is 16.4. The van der Waals surface area contributed by atoms with Gasteiger partial charge >= 0.3 is 0 Å². The molecule has 180 valence electrons. The van der Waals surface area contributed by atoms with E-state index < -0.39 is 0 Å². The molecule has 0 aliphatic carbocycles. The Morgan fingerprint density at radius 3 is 0.867 bits per heavy atom. The Kier molecular flexibility index (Phi) is 26.0. The quantitative estimate of drug-likeness (QED) is 0.0673. The fraction of sp³-hybridized carbons (Fsp3) is 0.964. The molecular formula is C28H57NO. The first-order chi connectivity index (χ1) is 14.8. The first kappa shape index (κ1) is 29.5. The minimum atomic E-state index is 1.01. The van der Waals surface area contributed by atoms with E-state index in [1.807, 2.05) is 0 Å². The predicted octanol–water partition coefficient (Wildman–Crippen LogP) is 10.6. The zero-order chi connectivity index (χ0) is 22.0. The molecule has 2 nitrogen and oxygen atoms in total. The molecule has 0 aromatic carbocycles. The van der Waals surface area contributed by atoms with E-state index in [-0.39, 0.29) is 0 Å². The van der Waals surface area contributed by atoms with Gasteiger partial charge in [0.05, 0.1) is 5.71 Å². The van der Waals surface area contributed by atoms with Gasteiger partial charge in [0.1, 0.15) is 0 Å². The SMILES string of the molecule is CCCCCCCCCCCCCCC(CCCCCCCCCCCCC)=NO. The Bertz CT molecular complexity index is 340. The summed E-state index contributed by atoms with van der Waals surface area (Å²) in [5.41, 5.74) is 1.04. The third kappa shape index (κ3) is 23.7. The minimum absolute atomic E-state index is 1.01. The normalized spacial score (nSPS) is 12.0. The van der Waals surface area contributed by atoms with Crippen molar-refractivity contribution in [3.8, 4) is 0 Å². The molecule has 0 unspecified atom stereocenters. The number of nitrogens with zero attached hydrogens (tertiary/aromatic N) is 1. The van der Waals surface area contributed by atoms with Gasteiger partial charge in [-0.15, -0.1) is 0 Å². The molecule has 0 rings (SSSR count). The summed E-state index contributed by atoms with van der Waals surface area (Å²) in [4.78, 5) is 0. The molecule has 0 saturated carbocycles. The lowest BCUT2D eigenvalue weighted by atomic mass is 10.0. The summed E-state index contributed by atoms with van der Waals surface area (Å²) in [6.45, 7) is 4.57. The van der Waals surface area contributed by atoms with E-state index in [0.717, 1.165) is 18.6 Å². The Morgan fingerprint density at radius 1 is 0.400 bits per heavy atom. The van der Waals surface area contributed by atoms with Gasteiger partial charge in [0.25, 0.3) is 0 Å². The van der Waals surface area contributed by atoms with E-state index in [4.69, 9.17) is 0 Å². The lowest BCUT2D eigenvalue weighted by molar-refractivity contribution is 0.315. The van der Waals surface area contributed by atoms with Crippen molar-refractivity contribution >= 4 is 5.71 Å². The predicted molar refractivity (Wildman–Crippen MR) is 136 cm³/mol. The summed E-state index contributed by atoms with van der Waals surface area (Å²) in [6.07, 6.45) is 33.7. The van der Waals surface area contributed by atoms with Crippen LogP contribution in [-0.2, 0) is 0 Å². The molecule has 0 radical (unpaired) electrons. The second-order valence-corrected chi connectivity index (χ2v) is 9.59. The van der Waals surface area contributed by atoms with Crippen LogP contribution >= 0.6 is 0 Å². The van der Waals surface area contributed by atoms with E-state index in [0.29, 0.717) is 0 Å². The zero-order valence-corrected chi connectivity index (χ0v) is 21.1. The molecule has 0 aliphatic heterocycles. The van der Waals surface area contributed by atoms with Crippen molar-refractivity contribution in [2.24, 2.45) is 5.16 Å². The molecule has 1 N–H and O–H groups in total. The van der Waals surface area contributed by atoms with Crippen LogP contribution in [-0.4, -0.2) is 10.9 Å². The average Bonchev–Trinajstić information content (AvgIpc) is 2.76. The van der Waals surface area contributed by atoms with Crippen LogP contribution in [0.25, 0.3) is 0 Å². The molecule has 0 atom stereocenters. The Labute approximate surface area is 190 Å². The molecule has 0 saturated heterocycles. The van der Waals surface area contributed by atoms with E-state index in [2.05, 4.69) is 19.0 Å². The van der Waals surface area contributed by atoms with Gasteiger partial charge < -0.3 is 5.21 Å². The van der Waals surface area contributed by atoms with Crippen LogP contribution in [0.3, 0.4) is 0 Å². The van der Waals surface area contributed by atoms with Crippen molar-refractivity contribution in [3.63, 3.8) is 0 Å². The molecule has 0 amide bonds. The Morgan fingerprint density at radius 2 is 0.633 bits per heavy atom. The monoisotopic (exact) mass is 423 g/mol. The molecule has 0 heterocycles. The first-order valence-corrected chi connectivity index (χ1v) is 14.0. The fourth-order valence-corrected chi connectivity index (χ4v) is 4.39. The summed E-state index contributed by atoms with van der Waals surface area (Å²) in [5, 5.41) is 12.8. The number of oxime groups is 1. The third-order valence-electron chi connectivity index (χ3n) is 6.53. The van der Waals surface area contributed by atoms with Gasteiger partial charge in [-0.05, 0) is 25.7 Å². The van der Waals surface area contributed by atoms with Crippen molar-refractivity contribution in [1.82, 2.24) is 0 Å². The molecule has 2 heteroatoms. The summed E-state index contributed by atoms with van der Waals surface area (Å²) in [7, 11) is 0. The highest BCUT2D eigenvalue weighted by Crippen LogP contribution is 2.15. The van der Waals surface area contributed by atoms with Crippen molar-refractivity contribution in [2.75, 3.05) is 0 Å². The molecule has 0 aliphatic rings. The smallest absolute Gasteiger partial charge is 0.0570 e. The van der Waals surface area contributed by atoms with E-state index in [9.17, 15) is 5.21 Å². The number of hydrogen-bond donors (Lipinski definition) is 1. The maximum atomic E-state index is 9.25. The Balaban J connectivity index is 3.29. The molecule has 0 aromatic heterocycles. The lowest BCUT2D eigenvalue weighted by Gasteiger charge is -2.06. The van der Waals surface area contributed by atoms with Crippen LogP contribution in [0.1, 0.15) is 174 Å². The zero-order valence-electron chi connectivity index (χ0n) is 21.1. The molecule has 0 fully saturated rings. The molecule has 30 heavy (non-hydrogen) atoms. The molecule has 0 spiro atoms. The van der Waals surface area contributed by atoms with E-state index >= 15 is 0 Å². The summed E-state index contributed by atoms with van der Waals surface area (Å²) in [6, 6.07) is 0. The van der Waals surface area contributed by atoms with Crippen LogP contribution in [0.5, 0.6) is 0 Å². The van der Waals surface area contributed by atoms with Gasteiger partial charge in [-0.1, -0.05) is 154 Å². The van der Waals surface area contributed by atoms with Gasteiger partial charge in [0, 0.05) is 0 Å². The largest absolute Gasteiger partial charge is 0.411 e. The van der Waals surface area contributed by atoms with Crippen molar-refractivity contribution < 1.29 is 5.21 Å². The highest BCUT2D eigenvalue weighted by molar-refractivity contribution is 5.83. The number of rotatable bonds is 25. The molecule has 0 bridgehead atoms. The topological polar surface area (TPSA) is 32.6 Å². The van der Waals surface area contributed by atoms with Crippen LogP contribution in [0.2, 0.25) is 0 Å². The van der Waals surface area contributed by atoms with Gasteiger partial charge in [-0.25, -0.2) is 0 Å². The first-order valence-electron chi connectivity index (χ1n) is 14.0. The van der Waals surface area contributed by atoms with Gasteiger partial charge in [-0.3, -0.25) is 0 Å². The summed E-state index contributed by atoms with van der Waals surface area (Å²) in [5.74, 6) is 0. The maximum Gasteiger partial charge on any atom is 0.0570 e. The fourth-order valence-electron chi connectivity index (χ4n) is 4.39. The third-order valence-corrected chi connectivity index (χ3v) is 6.53. The second-order valence-electron chi connectivity index (χ2n) is 9.59. The van der Waals surface area contributed by atoms with Crippen molar-refractivity contribution in [2.45, 2.75) is 174 Å². The molecule has 0 aromatic rings. The van der Waals surface area contributed by atoms with Gasteiger partial charge in [0.2, 0.25) is 0 Å². The lowest BCUT2D eigenvalue weighted by Crippen LogP contribution is -1.99.